The van der Waals surface area contributed by atoms with Crippen molar-refractivity contribution in [3.8, 4) is 5.75 Å². The Morgan fingerprint density at radius 1 is 1.09 bits per heavy atom. The van der Waals surface area contributed by atoms with Crippen LogP contribution >= 0.6 is 0 Å². The van der Waals surface area contributed by atoms with E-state index in [1.807, 2.05) is 6.92 Å². The number of carbonyl (C=O) groups excluding carboxylic acids is 1. The van der Waals surface area contributed by atoms with Gasteiger partial charge < -0.3 is 10.1 Å². The molecular weight excluding hydrogens is 436 g/mol. The maximum atomic E-state index is 13.0. The highest BCUT2D eigenvalue weighted by molar-refractivity contribution is 7.89. The summed E-state index contributed by atoms with van der Waals surface area (Å²) in [4.78, 5) is 36.9. The van der Waals surface area contributed by atoms with Crippen LogP contribution in [0.25, 0.3) is 10.9 Å². The minimum atomic E-state index is -4.09. The van der Waals surface area contributed by atoms with Gasteiger partial charge in [0.15, 0.2) is 0 Å². The Kier molecular flexibility index (Phi) is 6.51. The standard InChI is InChI=1S/C21H24N4O6S/c1-5-31-18-9-7-6-8-16(18)22-19(26)13-23(2)32(29,30)14-10-11-17-15(12-14)20(27)25(4)21(28)24(17)3/h6-12H,5,13H2,1-4H3,(H,22,26). The van der Waals surface area contributed by atoms with Gasteiger partial charge in [0.2, 0.25) is 15.9 Å². The van der Waals surface area contributed by atoms with Gasteiger partial charge in [0.05, 0.1) is 34.6 Å². The summed E-state index contributed by atoms with van der Waals surface area (Å²) < 4.78 is 34.6. The number of ether oxygens (including phenoxy) is 1. The second-order valence-electron chi connectivity index (χ2n) is 7.12. The van der Waals surface area contributed by atoms with E-state index in [1.165, 1.54) is 43.9 Å². The van der Waals surface area contributed by atoms with Gasteiger partial charge in [0.1, 0.15) is 5.75 Å². The quantitative estimate of drug-likeness (QED) is 0.559. The number of nitrogens with zero attached hydrogens (tertiary/aromatic N) is 3. The number of anilines is 1. The number of amides is 1. The number of likely N-dealkylation sites (N-methyl/N-ethyl adjacent to an activating group) is 1. The maximum absolute atomic E-state index is 13.0. The van der Waals surface area contributed by atoms with Crippen molar-refractivity contribution in [3.05, 3.63) is 63.3 Å². The predicted octanol–water partition coefficient (Wildman–Crippen LogP) is 0.895. The third-order valence-electron chi connectivity index (χ3n) is 4.97. The molecule has 0 saturated heterocycles. The average Bonchev–Trinajstić information content (AvgIpc) is 2.77. The van der Waals surface area contributed by atoms with E-state index in [1.54, 1.807) is 24.3 Å². The first-order valence-electron chi connectivity index (χ1n) is 9.75. The number of benzene rings is 2. The molecular formula is C21H24N4O6S. The fourth-order valence-electron chi connectivity index (χ4n) is 3.24. The molecule has 0 aliphatic rings. The number of nitrogens with one attached hydrogen (secondary N) is 1. The van der Waals surface area contributed by atoms with E-state index in [-0.39, 0.29) is 10.3 Å². The zero-order valence-electron chi connectivity index (χ0n) is 18.2. The van der Waals surface area contributed by atoms with Crippen LogP contribution in [0.2, 0.25) is 0 Å². The lowest BCUT2D eigenvalue weighted by Crippen LogP contribution is -2.37. The van der Waals surface area contributed by atoms with Crippen molar-refractivity contribution < 1.29 is 17.9 Å². The monoisotopic (exact) mass is 460 g/mol. The van der Waals surface area contributed by atoms with Gasteiger partial charge in [0, 0.05) is 21.1 Å². The van der Waals surface area contributed by atoms with Gasteiger partial charge >= 0.3 is 5.69 Å². The predicted molar refractivity (Wildman–Crippen MR) is 120 cm³/mol. The molecule has 170 valence electrons. The average molecular weight is 461 g/mol. The molecule has 1 aromatic heterocycles. The molecule has 3 rings (SSSR count). The molecule has 0 aliphatic heterocycles. The van der Waals surface area contributed by atoms with Crippen molar-refractivity contribution in [2.75, 3.05) is 25.5 Å². The third-order valence-corrected chi connectivity index (χ3v) is 6.77. The lowest BCUT2D eigenvalue weighted by Gasteiger charge is -2.18. The molecule has 0 radical (unpaired) electrons. The van der Waals surface area contributed by atoms with Crippen molar-refractivity contribution in [1.82, 2.24) is 13.4 Å². The zero-order valence-corrected chi connectivity index (χ0v) is 19.0. The highest BCUT2D eigenvalue weighted by atomic mass is 32.2. The van der Waals surface area contributed by atoms with Crippen molar-refractivity contribution >= 4 is 32.5 Å². The van der Waals surface area contributed by atoms with E-state index in [0.717, 1.165) is 8.87 Å². The van der Waals surface area contributed by atoms with Crippen LogP contribution in [-0.2, 0) is 28.9 Å². The molecule has 0 bridgehead atoms. The van der Waals surface area contributed by atoms with E-state index in [2.05, 4.69) is 5.32 Å². The summed E-state index contributed by atoms with van der Waals surface area (Å²) in [6.07, 6.45) is 0. The molecule has 0 fully saturated rings. The smallest absolute Gasteiger partial charge is 0.330 e. The molecule has 0 unspecified atom stereocenters. The third kappa shape index (κ3) is 4.30. The fraction of sp³-hybridized carbons (Fsp3) is 0.286. The molecule has 3 aromatic rings. The van der Waals surface area contributed by atoms with Crippen LogP contribution in [0.5, 0.6) is 5.75 Å². The molecule has 10 nitrogen and oxygen atoms in total. The summed E-state index contributed by atoms with van der Waals surface area (Å²) in [5.74, 6) is -0.0767. The highest BCUT2D eigenvalue weighted by Gasteiger charge is 2.24. The van der Waals surface area contributed by atoms with Crippen molar-refractivity contribution in [1.29, 1.82) is 0 Å². The largest absolute Gasteiger partial charge is 0.492 e. The van der Waals surface area contributed by atoms with Gasteiger partial charge in [-0.3, -0.25) is 18.7 Å². The van der Waals surface area contributed by atoms with E-state index in [9.17, 15) is 22.8 Å². The zero-order chi connectivity index (χ0) is 23.6. The number of fused-ring (bicyclic) bond motifs is 1. The Morgan fingerprint density at radius 2 is 1.78 bits per heavy atom. The van der Waals surface area contributed by atoms with Crippen molar-refractivity contribution in [2.24, 2.45) is 14.1 Å². The van der Waals surface area contributed by atoms with Crippen LogP contribution in [0.1, 0.15) is 6.92 Å². The number of aryl methyl sites for hydroxylation is 1. The minimum Gasteiger partial charge on any atom is -0.492 e. The Hall–Kier alpha value is -3.44. The first-order chi connectivity index (χ1) is 15.1. The van der Waals surface area contributed by atoms with Gasteiger partial charge in [-0.15, -0.1) is 0 Å². The highest BCUT2D eigenvalue weighted by Crippen LogP contribution is 2.24. The molecule has 0 aliphatic carbocycles. The van der Waals surface area contributed by atoms with E-state index >= 15 is 0 Å². The number of hydrogen-bond donors (Lipinski definition) is 1. The van der Waals surface area contributed by atoms with Gasteiger partial charge in [0.25, 0.3) is 5.56 Å². The summed E-state index contributed by atoms with van der Waals surface area (Å²) in [5.41, 5.74) is -0.377. The number of rotatable bonds is 7. The number of aromatic nitrogens is 2. The van der Waals surface area contributed by atoms with E-state index in [0.29, 0.717) is 23.6 Å². The van der Waals surface area contributed by atoms with Crippen LogP contribution in [0.3, 0.4) is 0 Å². The molecule has 0 spiro atoms. The normalized spacial score (nSPS) is 11.7. The van der Waals surface area contributed by atoms with Crippen LogP contribution in [0, 0.1) is 0 Å². The Labute approximate surface area is 184 Å². The van der Waals surface area contributed by atoms with E-state index in [4.69, 9.17) is 4.74 Å². The lowest BCUT2D eigenvalue weighted by atomic mass is 10.2. The second-order valence-corrected chi connectivity index (χ2v) is 9.17. The summed E-state index contributed by atoms with van der Waals surface area (Å²) in [7, 11) is 0.00139. The molecule has 32 heavy (non-hydrogen) atoms. The Morgan fingerprint density at radius 3 is 2.47 bits per heavy atom. The number of para-hydroxylation sites is 2. The van der Waals surface area contributed by atoms with Crippen LogP contribution in [0.15, 0.2) is 56.9 Å². The van der Waals surface area contributed by atoms with Gasteiger partial charge in [-0.05, 0) is 37.3 Å². The van der Waals surface area contributed by atoms with Gasteiger partial charge in [-0.25, -0.2) is 13.2 Å². The van der Waals surface area contributed by atoms with Crippen LogP contribution in [-0.4, -0.2) is 48.0 Å². The topological polar surface area (TPSA) is 120 Å². The molecule has 1 heterocycles. The van der Waals surface area contributed by atoms with E-state index < -0.39 is 33.7 Å². The Balaban J connectivity index is 1.88. The molecule has 0 saturated carbocycles. The summed E-state index contributed by atoms with van der Waals surface area (Å²) in [6.45, 7) is 1.77. The fourth-order valence-corrected chi connectivity index (χ4v) is 4.40. The molecule has 1 N–H and O–H groups in total. The summed E-state index contributed by atoms with van der Waals surface area (Å²) in [5, 5.41) is 2.73. The molecule has 2 aromatic carbocycles. The number of carbonyl (C=O) groups is 1. The Bertz CT molecular complexity index is 1410. The SMILES string of the molecule is CCOc1ccccc1NC(=O)CN(C)S(=O)(=O)c1ccc2c(c1)c(=O)n(C)c(=O)n2C. The molecule has 1 amide bonds. The van der Waals surface area contributed by atoms with Gasteiger partial charge in [-0.2, -0.15) is 4.31 Å². The maximum Gasteiger partial charge on any atom is 0.330 e. The van der Waals surface area contributed by atoms with Crippen molar-refractivity contribution in [2.45, 2.75) is 11.8 Å². The second kappa shape index (κ2) is 8.97. The summed E-state index contributed by atoms with van der Waals surface area (Å²) >= 11 is 0. The number of hydrogen-bond acceptors (Lipinski definition) is 6. The van der Waals surface area contributed by atoms with Crippen molar-refractivity contribution in [3.63, 3.8) is 0 Å². The first kappa shape index (κ1) is 23.2. The summed E-state index contributed by atoms with van der Waals surface area (Å²) in [6, 6.07) is 10.7. The lowest BCUT2D eigenvalue weighted by molar-refractivity contribution is -0.116. The molecule has 11 heteroatoms. The first-order valence-corrected chi connectivity index (χ1v) is 11.2. The minimum absolute atomic E-state index is 0.0826. The van der Waals surface area contributed by atoms with Crippen LogP contribution < -0.4 is 21.3 Å². The molecule has 0 atom stereocenters. The van der Waals surface area contributed by atoms with Crippen LogP contribution in [0.4, 0.5) is 5.69 Å². The number of sulfonamides is 1. The van der Waals surface area contributed by atoms with Gasteiger partial charge in [-0.1, -0.05) is 12.1 Å².